The third-order valence-corrected chi connectivity index (χ3v) is 5.23. The maximum absolute atomic E-state index is 13.8. The number of hydrogen-bond acceptors (Lipinski definition) is 4. The molecule has 0 amide bonds. The Hall–Kier alpha value is -1.82. The van der Waals surface area contributed by atoms with Gasteiger partial charge in [-0.15, -0.1) is 0 Å². The minimum absolute atomic E-state index is 0.116. The van der Waals surface area contributed by atoms with Crippen LogP contribution in [-0.2, 0) is 22.6 Å². The third-order valence-electron chi connectivity index (χ3n) is 5.23. The van der Waals surface area contributed by atoms with Crippen LogP contribution in [0.5, 0.6) is 0 Å². The molecule has 3 heterocycles. The summed E-state index contributed by atoms with van der Waals surface area (Å²) >= 11 is 0. The van der Waals surface area contributed by atoms with Crippen LogP contribution in [0.4, 0.5) is 4.39 Å². The number of pyridine rings is 1. The number of halogens is 1. The van der Waals surface area contributed by atoms with Crippen molar-refractivity contribution in [2.75, 3.05) is 26.3 Å². The van der Waals surface area contributed by atoms with E-state index in [1.807, 2.05) is 30.3 Å². The van der Waals surface area contributed by atoms with E-state index in [1.165, 1.54) is 6.07 Å². The van der Waals surface area contributed by atoms with Crippen LogP contribution in [0.15, 0.2) is 48.7 Å². The van der Waals surface area contributed by atoms with Crippen molar-refractivity contribution in [1.29, 1.82) is 0 Å². The Morgan fingerprint density at radius 3 is 2.84 bits per heavy atom. The van der Waals surface area contributed by atoms with Gasteiger partial charge in [-0.1, -0.05) is 24.3 Å². The van der Waals surface area contributed by atoms with Crippen LogP contribution in [0, 0.1) is 11.7 Å². The average molecular weight is 342 g/mol. The fourth-order valence-electron chi connectivity index (χ4n) is 3.85. The molecule has 1 unspecified atom stereocenters. The second-order valence-electron chi connectivity index (χ2n) is 6.97. The Morgan fingerprint density at radius 1 is 1.20 bits per heavy atom. The van der Waals surface area contributed by atoms with Crippen molar-refractivity contribution in [3.05, 3.63) is 65.7 Å². The summed E-state index contributed by atoms with van der Waals surface area (Å²) in [6.45, 7) is 4.33. The molecule has 2 fully saturated rings. The molecule has 2 saturated heterocycles. The first-order valence-electron chi connectivity index (χ1n) is 8.83. The highest BCUT2D eigenvalue weighted by molar-refractivity contribution is 5.18. The highest BCUT2D eigenvalue weighted by atomic mass is 19.1. The number of rotatable bonds is 6. The summed E-state index contributed by atoms with van der Waals surface area (Å²) in [5.41, 5.74) is 1.58. The van der Waals surface area contributed by atoms with Gasteiger partial charge in [0.15, 0.2) is 0 Å². The van der Waals surface area contributed by atoms with Gasteiger partial charge in [0.05, 0.1) is 24.5 Å². The smallest absolute Gasteiger partial charge is 0.127 e. The molecule has 2 aliphatic heterocycles. The van der Waals surface area contributed by atoms with Gasteiger partial charge in [-0.3, -0.25) is 9.88 Å². The van der Waals surface area contributed by atoms with Crippen LogP contribution in [0.25, 0.3) is 0 Å². The Balaban J connectivity index is 1.28. The van der Waals surface area contributed by atoms with E-state index < -0.39 is 0 Å². The molecule has 2 aliphatic rings. The van der Waals surface area contributed by atoms with Crippen molar-refractivity contribution < 1.29 is 13.9 Å². The van der Waals surface area contributed by atoms with Crippen LogP contribution < -0.4 is 0 Å². The number of aromatic nitrogens is 1. The lowest BCUT2D eigenvalue weighted by Crippen LogP contribution is -2.64. The zero-order chi connectivity index (χ0) is 17.1. The van der Waals surface area contributed by atoms with Gasteiger partial charge in [-0.05, 0) is 24.6 Å². The fraction of sp³-hybridized carbons (Fsp3) is 0.450. The van der Waals surface area contributed by atoms with Gasteiger partial charge in [0.2, 0.25) is 0 Å². The standard InChI is InChI=1S/C20H23FN2O2/c21-19-7-2-1-5-16(19)11-23-14-20(15-23)17(8-10-25-20)12-24-13-18-6-3-4-9-22-18/h1-7,9,17H,8,10-15H2. The Bertz CT molecular complexity index is 704. The minimum Gasteiger partial charge on any atom is -0.375 e. The van der Waals surface area contributed by atoms with Crippen molar-refractivity contribution in [1.82, 2.24) is 9.88 Å². The summed E-state index contributed by atoms with van der Waals surface area (Å²) < 4.78 is 25.7. The molecule has 2 aromatic rings. The molecular formula is C20H23FN2O2. The van der Waals surface area contributed by atoms with E-state index in [2.05, 4.69) is 9.88 Å². The van der Waals surface area contributed by atoms with Gasteiger partial charge in [-0.25, -0.2) is 4.39 Å². The van der Waals surface area contributed by atoms with Gasteiger partial charge in [0, 0.05) is 43.9 Å². The van der Waals surface area contributed by atoms with E-state index in [1.54, 1.807) is 12.3 Å². The average Bonchev–Trinajstić information content (AvgIpc) is 3.01. The van der Waals surface area contributed by atoms with Gasteiger partial charge in [0.25, 0.3) is 0 Å². The highest BCUT2D eigenvalue weighted by Gasteiger charge is 2.52. The van der Waals surface area contributed by atoms with Gasteiger partial charge in [0.1, 0.15) is 5.82 Å². The molecule has 1 atom stereocenters. The van der Waals surface area contributed by atoms with E-state index in [4.69, 9.17) is 9.47 Å². The largest absolute Gasteiger partial charge is 0.375 e. The maximum Gasteiger partial charge on any atom is 0.127 e. The van der Waals surface area contributed by atoms with Crippen LogP contribution in [0.2, 0.25) is 0 Å². The maximum atomic E-state index is 13.8. The first kappa shape index (κ1) is 16.6. The molecule has 5 heteroatoms. The molecule has 25 heavy (non-hydrogen) atoms. The predicted molar refractivity (Wildman–Crippen MR) is 92.4 cm³/mol. The third kappa shape index (κ3) is 3.59. The Morgan fingerprint density at radius 2 is 2.04 bits per heavy atom. The van der Waals surface area contributed by atoms with Crippen molar-refractivity contribution >= 4 is 0 Å². The molecule has 0 aliphatic carbocycles. The Kier molecular flexibility index (Phi) is 4.79. The number of hydrogen-bond donors (Lipinski definition) is 0. The molecule has 0 N–H and O–H groups in total. The van der Waals surface area contributed by atoms with E-state index in [9.17, 15) is 4.39 Å². The molecule has 1 spiro atoms. The van der Waals surface area contributed by atoms with Crippen molar-refractivity contribution in [3.63, 3.8) is 0 Å². The van der Waals surface area contributed by atoms with Crippen LogP contribution in [0.3, 0.4) is 0 Å². The van der Waals surface area contributed by atoms with Crippen LogP contribution in [-0.4, -0.2) is 41.8 Å². The summed E-state index contributed by atoms with van der Waals surface area (Å²) in [5, 5.41) is 0. The topological polar surface area (TPSA) is 34.6 Å². The number of likely N-dealkylation sites (tertiary alicyclic amines) is 1. The molecule has 1 aromatic carbocycles. The summed E-state index contributed by atoms with van der Waals surface area (Å²) in [7, 11) is 0. The van der Waals surface area contributed by atoms with Gasteiger partial charge >= 0.3 is 0 Å². The summed E-state index contributed by atoms with van der Waals surface area (Å²) in [4.78, 5) is 6.53. The number of nitrogens with zero attached hydrogens (tertiary/aromatic N) is 2. The highest BCUT2D eigenvalue weighted by Crippen LogP contribution is 2.40. The van der Waals surface area contributed by atoms with E-state index in [-0.39, 0.29) is 11.4 Å². The van der Waals surface area contributed by atoms with Crippen molar-refractivity contribution in [3.8, 4) is 0 Å². The molecule has 4 rings (SSSR count). The first-order chi connectivity index (χ1) is 12.3. The van der Waals surface area contributed by atoms with Crippen molar-refractivity contribution in [2.45, 2.75) is 25.2 Å². The zero-order valence-corrected chi connectivity index (χ0v) is 14.2. The first-order valence-corrected chi connectivity index (χ1v) is 8.83. The Labute approximate surface area is 147 Å². The summed E-state index contributed by atoms with van der Waals surface area (Å²) in [5.74, 6) is 0.263. The molecular weight excluding hydrogens is 319 g/mol. The van der Waals surface area contributed by atoms with E-state index >= 15 is 0 Å². The van der Waals surface area contributed by atoms with Crippen LogP contribution in [0.1, 0.15) is 17.7 Å². The second kappa shape index (κ2) is 7.20. The van der Waals surface area contributed by atoms with E-state index in [0.717, 1.165) is 37.4 Å². The number of ether oxygens (including phenoxy) is 2. The minimum atomic E-state index is -0.133. The number of benzene rings is 1. The summed E-state index contributed by atoms with van der Waals surface area (Å²) in [6.07, 6.45) is 2.81. The molecule has 0 bridgehead atoms. The molecule has 4 nitrogen and oxygen atoms in total. The zero-order valence-electron chi connectivity index (χ0n) is 14.2. The quantitative estimate of drug-likeness (QED) is 0.808. The van der Waals surface area contributed by atoms with Gasteiger partial charge < -0.3 is 9.47 Å². The van der Waals surface area contributed by atoms with Gasteiger partial charge in [-0.2, -0.15) is 0 Å². The SMILES string of the molecule is Fc1ccccc1CN1CC2(C1)OCCC2COCc1ccccn1. The molecule has 0 radical (unpaired) electrons. The van der Waals surface area contributed by atoms with E-state index in [0.29, 0.717) is 25.7 Å². The lowest BCUT2D eigenvalue weighted by atomic mass is 9.81. The normalized spacial score (nSPS) is 22.2. The lowest BCUT2D eigenvalue weighted by Gasteiger charge is -2.50. The molecule has 0 saturated carbocycles. The molecule has 132 valence electrons. The predicted octanol–water partition coefficient (Wildman–Crippen LogP) is 3.03. The lowest BCUT2D eigenvalue weighted by molar-refractivity contribution is -0.146. The van der Waals surface area contributed by atoms with Crippen molar-refractivity contribution in [2.24, 2.45) is 5.92 Å². The fourth-order valence-corrected chi connectivity index (χ4v) is 3.85. The van der Waals surface area contributed by atoms with Crippen LogP contribution >= 0.6 is 0 Å². The second-order valence-corrected chi connectivity index (χ2v) is 6.97. The summed E-state index contributed by atoms with van der Waals surface area (Å²) in [6, 6.07) is 12.8. The monoisotopic (exact) mass is 342 g/mol. The molecule has 1 aromatic heterocycles.